The Morgan fingerprint density at radius 1 is 1.43 bits per heavy atom. The first kappa shape index (κ1) is 9.46. The van der Waals surface area contributed by atoms with Crippen LogP contribution < -0.4 is 10.1 Å². The molecule has 0 bridgehead atoms. The third-order valence-corrected chi connectivity index (χ3v) is 2.77. The highest BCUT2D eigenvalue weighted by molar-refractivity contribution is 5.29. The van der Waals surface area contributed by atoms with Gasteiger partial charge in [-0.15, -0.1) is 0 Å². The highest BCUT2D eigenvalue weighted by atomic mass is 16.5. The molecular formula is C11H16N2O. The Bertz CT molecular complexity index is 295. The van der Waals surface area contributed by atoms with Crippen molar-refractivity contribution in [2.24, 2.45) is 0 Å². The van der Waals surface area contributed by atoms with E-state index in [0.717, 1.165) is 19.0 Å². The maximum Gasteiger partial charge on any atom is 0.216 e. The van der Waals surface area contributed by atoms with Crippen LogP contribution in [0.15, 0.2) is 18.3 Å². The summed E-state index contributed by atoms with van der Waals surface area (Å²) < 4.78 is 5.27. The maximum atomic E-state index is 5.27. The topological polar surface area (TPSA) is 34.1 Å². The summed E-state index contributed by atoms with van der Waals surface area (Å²) in [4.78, 5) is 4.23. The predicted molar refractivity (Wildman–Crippen MR) is 55.6 cm³/mol. The number of pyridine rings is 1. The number of piperidine rings is 1. The lowest BCUT2D eigenvalue weighted by molar-refractivity contribution is 0.377. The van der Waals surface area contributed by atoms with Gasteiger partial charge >= 0.3 is 0 Å². The van der Waals surface area contributed by atoms with E-state index >= 15 is 0 Å². The predicted octanol–water partition coefficient (Wildman–Crippen LogP) is 1.56. The van der Waals surface area contributed by atoms with Gasteiger partial charge in [0.1, 0.15) is 0 Å². The van der Waals surface area contributed by atoms with E-state index in [-0.39, 0.29) is 0 Å². The largest absolute Gasteiger partial charge is 0.481 e. The summed E-state index contributed by atoms with van der Waals surface area (Å²) in [5, 5.41) is 3.36. The number of ether oxygens (including phenoxy) is 1. The number of rotatable bonds is 2. The zero-order chi connectivity index (χ0) is 9.80. The molecule has 3 nitrogen and oxygen atoms in total. The lowest BCUT2D eigenvalue weighted by atomic mass is 9.91. The number of aromatic nitrogens is 1. The highest BCUT2D eigenvalue weighted by Gasteiger charge is 2.18. The number of hydrogen-bond donors (Lipinski definition) is 1. The molecule has 2 rings (SSSR count). The summed E-state index contributed by atoms with van der Waals surface area (Å²) in [5.41, 5.74) is 1.26. The van der Waals surface area contributed by atoms with Gasteiger partial charge in [0.15, 0.2) is 0 Å². The van der Waals surface area contributed by atoms with E-state index in [1.807, 2.05) is 6.07 Å². The van der Waals surface area contributed by atoms with Crippen molar-refractivity contribution in [3.05, 3.63) is 23.9 Å². The van der Waals surface area contributed by atoms with Gasteiger partial charge in [-0.05, 0) is 37.9 Å². The Morgan fingerprint density at radius 3 is 2.93 bits per heavy atom. The van der Waals surface area contributed by atoms with Crippen LogP contribution in [0.3, 0.4) is 0 Å². The van der Waals surface area contributed by atoms with E-state index in [1.54, 1.807) is 13.3 Å². The standard InChI is InChI=1S/C11H16N2O/c1-14-11-10(3-2-6-13-11)9-4-7-12-8-5-9/h2-3,6,9,12H,4-5,7-8H2,1H3. The lowest BCUT2D eigenvalue weighted by Gasteiger charge is -2.23. The molecule has 1 aliphatic heterocycles. The normalized spacial score (nSPS) is 18.1. The van der Waals surface area contributed by atoms with Gasteiger partial charge in [-0.3, -0.25) is 0 Å². The van der Waals surface area contributed by atoms with Gasteiger partial charge in [-0.25, -0.2) is 4.98 Å². The summed E-state index contributed by atoms with van der Waals surface area (Å²) in [7, 11) is 1.69. The first-order valence-electron chi connectivity index (χ1n) is 5.11. The molecule has 0 atom stereocenters. The summed E-state index contributed by atoms with van der Waals surface area (Å²) in [6.07, 6.45) is 4.15. The van der Waals surface area contributed by atoms with E-state index in [4.69, 9.17) is 4.74 Å². The van der Waals surface area contributed by atoms with E-state index in [2.05, 4.69) is 16.4 Å². The highest BCUT2D eigenvalue weighted by Crippen LogP contribution is 2.30. The second kappa shape index (κ2) is 4.42. The molecule has 0 amide bonds. The fourth-order valence-electron chi connectivity index (χ4n) is 2.02. The van der Waals surface area contributed by atoms with Crippen LogP contribution in [-0.4, -0.2) is 25.2 Å². The molecule has 0 aromatic carbocycles. The molecule has 0 aliphatic carbocycles. The third-order valence-electron chi connectivity index (χ3n) is 2.77. The van der Waals surface area contributed by atoms with Crippen LogP contribution in [0.2, 0.25) is 0 Å². The van der Waals surface area contributed by atoms with Crippen molar-refractivity contribution < 1.29 is 4.74 Å². The molecular weight excluding hydrogens is 176 g/mol. The smallest absolute Gasteiger partial charge is 0.216 e. The minimum absolute atomic E-state index is 0.611. The minimum atomic E-state index is 0.611. The Balaban J connectivity index is 2.20. The Morgan fingerprint density at radius 2 is 2.21 bits per heavy atom. The quantitative estimate of drug-likeness (QED) is 0.772. The second-order valence-corrected chi connectivity index (χ2v) is 3.63. The van der Waals surface area contributed by atoms with Gasteiger partial charge in [-0.2, -0.15) is 0 Å². The van der Waals surface area contributed by atoms with Crippen molar-refractivity contribution in [1.29, 1.82) is 0 Å². The molecule has 3 heteroatoms. The van der Waals surface area contributed by atoms with E-state index in [0.29, 0.717) is 5.92 Å². The first-order chi connectivity index (χ1) is 6.92. The van der Waals surface area contributed by atoms with Crippen LogP contribution in [0.1, 0.15) is 24.3 Å². The van der Waals surface area contributed by atoms with Crippen molar-refractivity contribution in [1.82, 2.24) is 10.3 Å². The first-order valence-corrected chi connectivity index (χ1v) is 5.11. The third kappa shape index (κ3) is 1.87. The van der Waals surface area contributed by atoms with Crippen molar-refractivity contribution in [3.63, 3.8) is 0 Å². The van der Waals surface area contributed by atoms with Crippen LogP contribution in [0.5, 0.6) is 5.88 Å². The number of nitrogens with zero attached hydrogens (tertiary/aromatic N) is 1. The van der Waals surface area contributed by atoms with Gasteiger partial charge < -0.3 is 10.1 Å². The summed E-state index contributed by atoms with van der Waals surface area (Å²) in [6, 6.07) is 4.11. The van der Waals surface area contributed by atoms with Gasteiger partial charge in [0.05, 0.1) is 7.11 Å². The van der Waals surface area contributed by atoms with Crippen LogP contribution in [0.4, 0.5) is 0 Å². The molecule has 0 saturated carbocycles. The molecule has 0 spiro atoms. The summed E-state index contributed by atoms with van der Waals surface area (Å²) in [5.74, 6) is 1.40. The molecule has 1 N–H and O–H groups in total. The van der Waals surface area contributed by atoms with E-state index in [9.17, 15) is 0 Å². The molecule has 1 aromatic heterocycles. The molecule has 76 valence electrons. The molecule has 0 radical (unpaired) electrons. The molecule has 0 unspecified atom stereocenters. The maximum absolute atomic E-state index is 5.27. The molecule has 1 saturated heterocycles. The Hall–Kier alpha value is -1.09. The molecule has 1 aromatic rings. The fraction of sp³-hybridized carbons (Fsp3) is 0.545. The van der Waals surface area contributed by atoms with Crippen molar-refractivity contribution in [2.45, 2.75) is 18.8 Å². The monoisotopic (exact) mass is 192 g/mol. The van der Waals surface area contributed by atoms with Crippen LogP contribution in [0, 0.1) is 0 Å². The van der Waals surface area contributed by atoms with Crippen molar-refractivity contribution in [2.75, 3.05) is 20.2 Å². The zero-order valence-electron chi connectivity index (χ0n) is 8.49. The van der Waals surface area contributed by atoms with Crippen LogP contribution >= 0.6 is 0 Å². The van der Waals surface area contributed by atoms with Gasteiger partial charge in [0.25, 0.3) is 0 Å². The fourth-order valence-corrected chi connectivity index (χ4v) is 2.02. The average Bonchev–Trinajstić information content (AvgIpc) is 2.30. The van der Waals surface area contributed by atoms with Crippen LogP contribution in [0.25, 0.3) is 0 Å². The molecule has 14 heavy (non-hydrogen) atoms. The van der Waals surface area contributed by atoms with Crippen molar-refractivity contribution >= 4 is 0 Å². The molecule has 1 aliphatic rings. The Labute approximate surface area is 84.5 Å². The minimum Gasteiger partial charge on any atom is -0.481 e. The molecule has 1 fully saturated rings. The summed E-state index contributed by atoms with van der Waals surface area (Å²) in [6.45, 7) is 2.20. The molecule has 2 heterocycles. The second-order valence-electron chi connectivity index (χ2n) is 3.63. The zero-order valence-corrected chi connectivity index (χ0v) is 8.49. The van der Waals surface area contributed by atoms with Crippen molar-refractivity contribution in [3.8, 4) is 5.88 Å². The lowest BCUT2D eigenvalue weighted by Crippen LogP contribution is -2.26. The Kier molecular flexibility index (Phi) is 2.99. The van der Waals surface area contributed by atoms with Gasteiger partial charge in [0.2, 0.25) is 5.88 Å². The number of hydrogen-bond acceptors (Lipinski definition) is 3. The van der Waals surface area contributed by atoms with Gasteiger partial charge in [-0.1, -0.05) is 6.07 Å². The number of nitrogens with one attached hydrogen (secondary N) is 1. The SMILES string of the molecule is COc1ncccc1C1CCNCC1. The number of methoxy groups -OCH3 is 1. The summed E-state index contributed by atoms with van der Waals surface area (Å²) >= 11 is 0. The average molecular weight is 192 g/mol. The van der Waals surface area contributed by atoms with E-state index in [1.165, 1.54) is 18.4 Å². The van der Waals surface area contributed by atoms with E-state index < -0.39 is 0 Å². The van der Waals surface area contributed by atoms with Crippen LogP contribution in [-0.2, 0) is 0 Å². The van der Waals surface area contributed by atoms with Gasteiger partial charge in [0, 0.05) is 11.8 Å².